The Morgan fingerprint density at radius 2 is 2.10 bits per heavy atom. The van der Waals surface area contributed by atoms with E-state index in [-0.39, 0.29) is 11.1 Å². The quantitative estimate of drug-likeness (QED) is 0.861. The van der Waals surface area contributed by atoms with Crippen LogP contribution in [0, 0.1) is 11.3 Å². The molecule has 0 aromatic carbocycles. The summed E-state index contributed by atoms with van der Waals surface area (Å²) in [6, 6.07) is 1.46. The van der Waals surface area contributed by atoms with Crippen molar-refractivity contribution in [2.75, 3.05) is 0 Å². The van der Waals surface area contributed by atoms with Gasteiger partial charge >= 0.3 is 0 Å². The van der Waals surface area contributed by atoms with Gasteiger partial charge in [0.15, 0.2) is 0 Å². The van der Waals surface area contributed by atoms with Crippen molar-refractivity contribution in [1.29, 1.82) is 5.41 Å². The summed E-state index contributed by atoms with van der Waals surface area (Å²) in [5.74, 6) is 0.229. The molecule has 0 radical (unpaired) electrons. The van der Waals surface area contributed by atoms with E-state index in [9.17, 15) is 4.79 Å². The van der Waals surface area contributed by atoms with Crippen molar-refractivity contribution in [2.24, 2.45) is 11.7 Å². The number of halogens is 1. The Labute approximate surface area is 124 Å². The highest BCUT2D eigenvalue weighted by molar-refractivity contribution is 6.30. The number of rotatable bonds is 5. The van der Waals surface area contributed by atoms with Crippen LogP contribution >= 0.6 is 11.6 Å². The standard InChI is InChI=1S/C15H22ClN3O/c16-12-9-13(15(18)20)14(17)19(10-12)8-4-7-11-5-2-1-3-6-11/h9-11,17H,1-8H2,(H2,18,20). The Kier molecular flexibility index (Phi) is 5.24. The number of carbonyl (C=O) groups excluding carboxylic acids is 1. The second-order valence-corrected chi connectivity index (χ2v) is 6.06. The molecule has 0 aliphatic heterocycles. The van der Waals surface area contributed by atoms with E-state index < -0.39 is 5.91 Å². The first-order valence-corrected chi connectivity index (χ1v) is 7.70. The minimum Gasteiger partial charge on any atom is -0.365 e. The van der Waals surface area contributed by atoms with Crippen molar-refractivity contribution >= 4 is 17.5 Å². The number of aromatic nitrogens is 1. The molecule has 0 unspecified atom stereocenters. The lowest BCUT2D eigenvalue weighted by Gasteiger charge is -2.21. The van der Waals surface area contributed by atoms with Gasteiger partial charge in [-0.2, -0.15) is 0 Å². The van der Waals surface area contributed by atoms with Gasteiger partial charge in [0.25, 0.3) is 5.91 Å². The van der Waals surface area contributed by atoms with Gasteiger partial charge in [0, 0.05) is 12.7 Å². The van der Waals surface area contributed by atoms with E-state index in [1.807, 2.05) is 0 Å². The molecule has 4 nitrogen and oxygen atoms in total. The fraction of sp³-hybridized carbons (Fsp3) is 0.600. The maximum absolute atomic E-state index is 11.3. The molecular weight excluding hydrogens is 274 g/mol. The third kappa shape index (κ3) is 3.85. The van der Waals surface area contributed by atoms with Crippen LogP contribution in [0.2, 0.25) is 5.02 Å². The third-order valence-corrected chi connectivity index (χ3v) is 4.31. The summed E-state index contributed by atoms with van der Waals surface area (Å²) in [7, 11) is 0. The Hall–Kier alpha value is -1.29. The van der Waals surface area contributed by atoms with E-state index in [0.29, 0.717) is 5.02 Å². The van der Waals surface area contributed by atoms with Crippen LogP contribution in [-0.4, -0.2) is 10.5 Å². The lowest BCUT2D eigenvalue weighted by Crippen LogP contribution is -2.29. The van der Waals surface area contributed by atoms with E-state index in [2.05, 4.69) is 0 Å². The van der Waals surface area contributed by atoms with Crippen LogP contribution in [0.25, 0.3) is 0 Å². The van der Waals surface area contributed by atoms with Crippen LogP contribution < -0.4 is 11.2 Å². The predicted octanol–water partition coefficient (Wildman–Crippen LogP) is 3.08. The Balaban J connectivity index is 1.98. The average Bonchev–Trinajstić information content (AvgIpc) is 2.43. The molecule has 1 heterocycles. The van der Waals surface area contributed by atoms with Gasteiger partial charge in [0.1, 0.15) is 5.49 Å². The van der Waals surface area contributed by atoms with E-state index in [0.717, 1.165) is 18.9 Å². The largest absolute Gasteiger partial charge is 0.365 e. The van der Waals surface area contributed by atoms with Crippen LogP contribution in [0.15, 0.2) is 12.3 Å². The molecule has 110 valence electrons. The van der Waals surface area contributed by atoms with Gasteiger partial charge in [-0.25, -0.2) is 0 Å². The highest BCUT2D eigenvalue weighted by Crippen LogP contribution is 2.27. The van der Waals surface area contributed by atoms with Crippen LogP contribution in [-0.2, 0) is 6.54 Å². The van der Waals surface area contributed by atoms with Crippen LogP contribution in [0.1, 0.15) is 55.3 Å². The van der Waals surface area contributed by atoms with Gasteiger partial charge in [-0.3, -0.25) is 10.2 Å². The summed E-state index contributed by atoms with van der Waals surface area (Å²) in [6.45, 7) is 0.718. The molecular formula is C15H22ClN3O. The van der Waals surface area contributed by atoms with Crippen molar-refractivity contribution in [1.82, 2.24) is 4.57 Å². The number of nitrogens with one attached hydrogen (secondary N) is 1. The molecule has 0 atom stereocenters. The number of hydrogen-bond acceptors (Lipinski definition) is 2. The molecule has 0 bridgehead atoms. The summed E-state index contributed by atoms with van der Waals surface area (Å²) < 4.78 is 1.73. The van der Waals surface area contributed by atoms with E-state index in [1.54, 1.807) is 10.8 Å². The molecule has 3 N–H and O–H groups in total. The van der Waals surface area contributed by atoms with E-state index >= 15 is 0 Å². The molecule has 1 aliphatic carbocycles. The zero-order valence-corrected chi connectivity index (χ0v) is 12.5. The van der Waals surface area contributed by atoms with Crippen molar-refractivity contribution in [3.05, 3.63) is 28.3 Å². The maximum atomic E-state index is 11.3. The molecule has 0 saturated heterocycles. The van der Waals surface area contributed by atoms with Gasteiger partial charge in [0.2, 0.25) is 0 Å². The minimum atomic E-state index is -0.599. The third-order valence-electron chi connectivity index (χ3n) is 4.11. The Morgan fingerprint density at radius 1 is 1.40 bits per heavy atom. The molecule has 2 rings (SSSR count). The second-order valence-electron chi connectivity index (χ2n) is 5.62. The SMILES string of the molecule is N=c1c(C(N)=O)cc(Cl)cn1CCCC1CCCCC1. The van der Waals surface area contributed by atoms with E-state index in [1.165, 1.54) is 44.6 Å². The van der Waals surface area contributed by atoms with Gasteiger partial charge in [-0.1, -0.05) is 43.7 Å². The van der Waals surface area contributed by atoms with Gasteiger partial charge in [-0.05, 0) is 24.8 Å². The molecule has 20 heavy (non-hydrogen) atoms. The zero-order chi connectivity index (χ0) is 14.5. The van der Waals surface area contributed by atoms with Crippen molar-refractivity contribution < 1.29 is 4.79 Å². The first-order chi connectivity index (χ1) is 9.58. The van der Waals surface area contributed by atoms with Crippen molar-refractivity contribution in [3.8, 4) is 0 Å². The Morgan fingerprint density at radius 3 is 2.75 bits per heavy atom. The molecule has 0 spiro atoms. The lowest BCUT2D eigenvalue weighted by atomic mass is 9.86. The molecule has 1 fully saturated rings. The fourth-order valence-corrected chi connectivity index (χ4v) is 3.23. The lowest BCUT2D eigenvalue weighted by molar-refractivity contribution is 0.0997. The number of primary amides is 1. The normalized spacial score (nSPS) is 16.2. The second kappa shape index (κ2) is 6.93. The molecule has 5 heteroatoms. The number of carbonyl (C=O) groups is 1. The summed E-state index contributed by atoms with van der Waals surface area (Å²) in [4.78, 5) is 11.3. The maximum Gasteiger partial charge on any atom is 0.252 e. The molecule has 1 aliphatic rings. The summed E-state index contributed by atoms with van der Waals surface area (Å²) in [5.41, 5.74) is 5.61. The van der Waals surface area contributed by atoms with E-state index in [4.69, 9.17) is 22.7 Å². The fourth-order valence-electron chi connectivity index (χ4n) is 3.00. The number of aryl methyl sites for hydroxylation is 1. The monoisotopic (exact) mass is 295 g/mol. The number of hydrogen-bond donors (Lipinski definition) is 2. The van der Waals surface area contributed by atoms with Gasteiger partial charge in [-0.15, -0.1) is 0 Å². The zero-order valence-electron chi connectivity index (χ0n) is 11.7. The number of nitrogens with two attached hydrogens (primary N) is 1. The number of nitrogens with zero attached hydrogens (tertiary/aromatic N) is 1. The first-order valence-electron chi connectivity index (χ1n) is 7.32. The minimum absolute atomic E-state index is 0.158. The van der Waals surface area contributed by atoms with Crippen LogP contribution in [0.4, 0.5) is 0 Å². The van der Waals surface area contributed by atoms with Gasteiger partial charge < -0.3 is 10.3 Å². The molecule has 1 aromatic heterocycles. The Bertz CT molecular complexity index is 532. The smallest absolute Gasteiger partial charge is 0.252 e. The summed E-state index contributed by atoms with van der Waals surface area (Å²) in [6.07, 6.45) is 10.6. The summed E-state index contributed by atoms with van der Waals surface area (Å²) >= 11 is 5.98. The topological polar surface area (TPSA) is 71.9 Å². The highest BCUT2D eigenvalue weighted by atomic mass is 35.5. The molecule has 1 saturated carbocycles. The van der Waals surface area contributed by atoms with Crippen molar-refractivity contribution in [2.45, 2.75) is 51.5 Å². The molecule has 1 aromatic rings. The van der Waals surface area contributed by atoms with Crippen LogP contribution in [0.3, 0.4) is 0 Å². The number of amides is 1. The average molecular weight is 296 g/mol. The predicted molar refractivity (Wildman–Crippen MR) is 79.6 cm³/mol. The number of pyridine rings is 1. The highest BCUT2D eigenvalue weighted by Gasteiger charge is 2.13. The first kappa shape index (κ1) is 15.1. The van der Waals surface area contributed by atoms with Crippen LogP contribution in [0.5, 0.6) is 0 Å². The van der Waals surface area contributed by atoms with Gasteiger partial charge in [0.05, 0.1) is 10.6 Å². The summed E-state index contributed by atoms with van der Waals surface area (Å²) in [5, 5.41) is 8.45. The van der Waals surface area contributed by atoms with Crippen molar-refractivity contribution in [3.63, 3.8) is 0 Å². The molecule has 1 amide bonds.